The summed E-state index contributed by atoms with van der Waals surface area (Å²) in [6.07, 6.45) is 3.14. The third-order valence-electron chi connectivity index (χ3n) is 5.18. The molecule has 2 N–H and O–H groups in total. The quantitative estimate of drug-likeness (QED) is 0.856. The molecule has 2 heterocycles. The number of carbonyl (C=O) groups is 1. The van der Waals surface area contributed by atoms with E-state index in [1.807, 2.05) is 29.2 Å². The summed E-state index contributed by atoms with van der Waals surface area (Å²) < 4.78 is 23.1. The van der Waals surface area contributed by atoms with Crippen molar-refractivity contribution in [1.82, 2.24) is 9.80 Å². The number of nitrogens with two attached hydrogens (primary N) is 1. The van der Waals surface area contributed by atoms with Crippen molar-refractivity contribution in [3.05, 3.63) is 35.4 Å². The van der Waals surface area contributed by atoms with Crippen LogP contribution < -0.4 is 5.73 Å². The molecular weight excluding hydrogens is 338 g/mol. The van der Waals surface area contributed by atoms with Crippen LogP contribution in [0.4, 0.5) is 0 Å². The summed E-state index contributed by atoms with van der Waals surface area (Å²) in [5.74, 6) is 0.494. The number of carbonyl (C=O) groups excluding carboxylic acids is 1. The van der Waals surface area contributed by atoms with E-state index in [0.717, 1.165) is 31.4 Å². The summed E-state index contributed by atoms with van der Waals surface area (Å²) in [5, 5.41) is 0. The Bertz CT molecular complexity index is 706. The lowest BCUT2D eigenvalue weighted by atomic mass is 10.0. The van der Waals surface area contributed by atoms with Gasteiger partial charge in [-0.1, -0.05) is 12.1 Å². The Hall–Kier alpha value is -1.44. The summed E-state index contributed by atoms with van der Waals surface area (Å²) in [5.41, 5.74) is 7.58. The van der Waals surface area contributed by atoms with Crippen molar-refractivity contribution in [1.29, 1.82) is 0 Å². The Balaban J connectivity index is 1.67. The molecule has 1 amide bonds. The van der Waals surface area contributed by atoms with Crippen molar-refractivity contribution in [2.75, 3.05) is 37.7 Å². The van der Waals surface area contributed by atoms with E-state index in [-0.39, 0.29) is 23.5 Å². The van der Waals surface area contributed by atoms with E-state index in [1.165, 1.54) is 0 Å². The van der Waals surface area contributed by atoms with E-state index >= 15 is 0 Å². The lowest BCUT2D eigenvalue weighted by molar-refractivity contribution is 0.0623. The molecule has 1 atom stereocenters. The fourth-order valence-electron chi connectivity index (χ4n) is 3.65. The second-order valence-corrected chi connectivity index (χ2v) is 9.32. The minimum absolute atomic E-state index is 0.0539. The van der Waals surface area contributed by atoms with Crippen LogP contribution in [0.2, 0.25) is 0 Å². The molecule has 0 saturated carbocycles. The predicted octanol–water partition coefficient (Wildman–Crippen LogP) is 0.870. The van der Waals surface area contributed by atoms with Gasteiger partial charge in [0.15, 0.2) is 9.84 Å². The molecule has 0 bridgehead atoms. The molecule has 25 heavy (non-hydrogen) atoms. The van der Waals surface area contributed by atoms with Crippen molar-refractivity contribution in [2.24, 2.45) is 5.73 Å². The van der Waals surface area contributed by atoms with E-state index in [2.05, 4.69) is 4.90 Å². The second kappa shape index (κ2) is 7.85. The molecule has 138 valence electrons. The maximum Gasteiger partial charge on any atom is 0.254 e. The molecule has 2 saturated heterocycles. The molecule has 6 nitrogen and oxygen atoms in total. The zero-order chi connectivity index (χ0) is 17.9. The first-order valence-corrected chi connectivity index (χ1v) is 10.8. The van der Waals surface area contributed by atoms with Crippen LogP contribution in [0.25, 0.3) is 0 Å². The molecule has 3 rings (SSSR count). The number of sulfone groups is 1. The minimum atomic E-state index is -2.87. The monoisotopic (exact) mass is 365 g/mol. The summed E-state index contributed by atoms with van der Waals surface area (Å²) in [6, 6.07) is 7.83. The SMILES string of the molecule is NCC1CCCCN1C(=O)c1cccc(CN2CCS(=O)(=O)CC2)c1. The van der Waals surface area contributed by atoms with Crippen LogP contribution in [0.3, 0.4) is 0 Å². The number of likely N-dealkylation sites (tertiary alicyclic amines) is 1. The minimum Gasteiger partial charge on any atom is -0.334 e. The van der Waals surface area contributed by atoms with E-state index in [9.17, 15) is 13.2 Å². The highest BCUT2D eigenvalue weighted by Gasteiger charge is 2.27. The van der Waals surface area contributed by atoms with Gasteiger partial charge < -0.3 is 10.6 Å². The van der Waals surface area contributed by atoms with E-state index in [1.54, 1.807) is 0 Å². The third kappa shape index (κ3) is 4.59. The van der Waals surface area contributed by atoms with Crippen LogP contribution in [0.5, 0.6) is 0 Å². The molecular formula is C18H27N3O3S. The van der Waals surface area contributed by atoms with Crippen molar-refractivity contribution in [3.8, 4) is 0 Å². The van der Waals surface area contributed by atoms with Crippen molar-refractivity contribution in [3.63, 3.8) is 0 Å². The van der Waals surface area contributed by atoms with Gasteiger partial charge in [-0.25, -0.2) is 8.42 Å². The van der Waals surface area contributed by atoms with E-state index < -0.39 is 9.84 Å². The zero-order valence-corrected chi connectivity index (χ0v) is 15.4. The molecule has 7 heteroatoms. The van der Waals surface area contributed by atoms with Gasteiger partial charge in [0.25, 0.3) is 5.91 Å². The number of amides is 1. The fraction of sp³-hybridized carbons (Fsp3) is 0.611. The lowest BCUT2D eigenvalue weighted by Crippen LogP contribution is -2.47. The lowest BCUT2D eigenvalue weighted by Gasteiger charge is -2.35. The predicted molar refractivity (Wildman–Crippen MR) is 98.1 cm³/mol. The smallest absolute Gasteiger partial charge is 0.254 e. The fourth-order valence-corrected chi connectivity index (χ4v) is 4.92. The summed E-state index contributed by atoms with van der Waals surface area (Å²) in [6.45, 7) is 3.07. The molecule has 0 spiro atoms. The van der Waals surface area contributed by atoms with E-state index in [4.69, 9.17) is 5.73 Å². The van der Waals surface area contributed by atoms with Crippen LogP contribution >= 0.6 is 0 Å². The first-order chi connectivity index (χ1) is 12.0. The second-order valence-electron chi connectivity index (χ2n) is 7.01. The maximum absolute atomic E-state index is 12.9. The third-order valence-corrected chi connectivity index (χ3v) is 6.79. The van der Waals surface area contributed by atoms with Gasteiger partial charge in [-0.05, 0) is 37.0 Å². The normalized spacial score (nSPS) is 24.2. The number of hydrogen-bond acceptors (Lipinski definition) is 5. The van der Waals surface area contributed by atoms with Gasteiger partial charge in [-0.3, -0.25) is 9.69 Å². The first-order valence-electron chi connectivity index (χ1n) is 9.01. The molecule has 0 radical (unpaired) electrons. The average molecular weight is 365 g/mol. The Morgan fingerprint density at radius 3 is 2.64 bits per heavy atom. The summed E-state index contributed by atoms with van der Waals surface area (Å²) in [7, 11) is -2.87. The molecule has 2 aliphatic heterocycles. The van der Waals surface area contributed by atoms with Crippen LogP contribution in [0, 0.1) is 0 Å². The molecule has 2 aliphatic rings. The van der Waals surface area contributed by atoms with Crippen LogP contribution in [-0.4, -0.2) is 67.9 Å². The summed E-state index contributed by atoms with van der Waals surface area (Å²) >= 11 is 0. The van der Waals surface area contributed by atoms with Gasteiger partial charge in [0, 0.05) is 44.3 Å². The Morgan fingerprint density at radius 1 is 1.16 bits per heavy atom. The number of benzene rings is 1. The average Bonchev–Trinajstić information content (AvgIpc) is 2.63. The highest BCUT2D eigenvalue weighted by Crippen LogP contribution is 2.20. The number of hydrogen-bond donors (Lipinski definition) is 1. The van der Waals surface area contributed by atoms with Gasteiger partial charge in [-0.2, -0.15) is 0 Å². The molecule has 0 aromatic heterocycles. The Morgan fingerprint density at radius 2 is 1.92 bits per heavy atom. The van der Waals surface area contributed by atoms with Crippen molar-refractivity contribution in [2.45, 2.75) is 31.8 Å². The Kier molecular flexibility index (Phi) is 5.76. The molecule has 2 fully saturated rings. The van der Waals surface area contributed by atoms with Crippen molar-refractivity contribution >= 4 is 15.7 Å². The number of piperidine rings is 1. The molecule has 1 unspecified atom stereocenters. The number of nitrogens with zero attached hydrogens (tertiary/aromatic N) is 2. The topological polar surface area (TPSA) is 83.7 Å². The van der Waals surface area contributed by atoms with Crippen LogP contribution in [0.15, 0.2) is 24.3 Å². The maximum atomic E-state index is 12.9. The summed E-state index contributed by atoms with van der Waals surface area (Å²) in [4.78, 5) is 16.9. The largest absolute Gasteiger partial charge is 0.334 e. The van der Waals surface area contributed by atoms with Gasteiger partial charge in [0.1, 0.15) is 0 Å². The Labute approximate surface area is 149 Å². The number of rotatable bonds is 4. The molecule has 1 aromatic rings. The molecule has 0 aliphatic carbocycles. The standard InChI is InChI=1S/C18H27N3O3S/c19-13-17-6-1-2-7-21(17)18(22)16-5-3-4-15(12-16)14-20-8-10-25(23,24)11-9-20/h3-5,12,17H,1-2,6-11,13-14,19H2. The van der Waals surface area contributed by atoms with Gasteiger partial charge in [-0.15, -0.1) is 0 Å². The zero-order valence-electron chi connectivity index (χ0n) is 14.6. The first kappa shape index (κ1) is 18.4. The highest BCUT2D eigenvalue weighted by atomic mass is 32.2. The van der Waals surface area contributed by atoms with Gasteiger partial charge in [0.05, 0.1) is 11.5 Å². The van der Waals surface area contributed by atoms with E-state index in [0.29, 0.717) is 31.7 Å². The molecule has 1 aromatic carbocycles. The van der Waals surface area contributed by atoms with Crippen LogP contribution in [0.1, 0.15) is 35.2 Å². The van der Waals surface area contributed by atoms with Crippen molar-refractivity contribution < 1.29 is 13.2 Å². The highest BCUT2D eigenvalue weighted by molar-refractivity contribution is 7.91. The van der Waals surface area contributed by atoms with Gasteiger partial charge >= 0.3 is 0 Å². The van der Waals surface area contributed by atoms with Crippen LogP contribution in [-0.2, 0) is 16.4 Å². The van der Waals surface area contributed by atoms with Gasteiger partial charge in [0.2, 0.25) is 0 Å².